The number of nitrogens with one attached hydrogen (secondary N) is 1. The number of aliphatic hydroxyl groups is 3. The fourth-order valence-corrected chi connectivity index (χ4v) is 3.87. The summed E-state index contributed by atoms with van der Waals surface area (Å²) in [6.45, 7) is 1.04. The second kappa shape index (κ2) is 6.71. The first-order valence-corrected chi connectivity index (χ1v) is 7.75. The molecule has 0 atom stereocenters. The summed E-state index contributed by atoms with van der Waals surface area (Å²) in [5, 5.41) is 27.7. The average Bonchev–Trinajstić information content (AvgIpc) is 2.43. The van der Waals surface area contributed by atoms with Gasteiger partial charge in [0.1, 0.15) is 11.3 Å². The number of methoxy groups -OCH3 is 1. The van der Waals surface area contributed by atoms with Crippen LogP contribution in [0.3, 0.4) is 0 Å². The van der Waals surface area contributed by atoms with E-state index >= 15 is 0 Å². The van der Waals surface area contributed by atoms with Gasteiger partial charge in [0, 0.05) is 0 Å². The third-order valence-corrected chi connectivity index (χ3v) is 5.08. The van der Waals surface area contributed by atoms with Gasteiger partial charge in [0.25, 0.3) is 0 Å². The third kappa shape index (κ3) is 3.72. The molecular weight excluding hydrogens is 298 g/mol. The number of benzene rings is 1. The van der Waals surface area contributed by atoms with Crippen molar-refractivity contribution in [2.45, 2.75) is 24.3 Å². The highest BCUT2D eigenvalue weighted by molar-refractivity contribution is 7.89. The molecule has 0 aliphatic carbocycles. The van der Waals surface area contributed by atoms with E-state index in [1.807, 2.05) is 0 Å². The van der Waals surface area contributed by atoms with Crippen molar-refractivity contribution in [2.24, 2.45) is 0 Å². The summed E-state index contributed by atoms with van der Waals surface area (Å²) in [4.78, 5) is 0.0306. The van der Waals surface area contributed by atoms with E-state index in [1.54, 1.807) is 26.0 Å². The van der Waals surface area contributed by atoms with E-state index in [9.17, 15) is 23.7 Å². The fourth-order valence-electron chi connectivity index (χ4n) is 2.04. The second-order valence-corrected chi connectivity index (χ2v) is 6.57. The molecule has 120 valence electrons. The summed E-state index contributed by atoms with van der Waals surface area (Å²) in [6, 6.07) is 3.14. The maximum Gasteiger partial charge on any atom is 0.241 e. The van der Waals surface area contributed by atoms with Crippen LogP contribution in [-0.4, -0.2) is 56.2 Å². The molecule has 0 fully saturated rings. The summed E-state index contributed by atoms with van der Waals surface area (Å²) >= 11 is 0. The van der Waals surface area contributed by atoms with Crippen molar-refractivity contribution < 1.29 is 28.5 Å². The van der Waals surface area contributed by atoms with Crippen molar-refractivity contribution in [3.05, 3.63) is 23.3 Å². The molecule has 0 amide bonds. The monoisotopic (exact) mass is 319 g/mol. The summed E-state index contributed by atoms with van der Waals surface area (Å²) in [5.74, 6) is 0.529. The lowest BCUT2D eigenvalue weighted by atomic mass is 10.1. The molecular formula is C13H21NO6S. The second-order valence-electron chi connectivity index (χ2n) is 4.95. The molecule has 7 nitrogen and oxygen atoms in total. The van der Waals surface area contributed by atoms with E-state index in [1.165, 1.54) is 7.11 Å². The topological polar surface area (TPSA) is 116 Å². The molecule has 0 aromatic heterocycles. The maximum atomic E-state index is 12.5. The first kappa shape index (κ1) is 17.9. The molecule has 8 heteroatoms. The highest BCUT2D eigenvalue weighted by Gasteiger charge is 2.35. The van der Waals surface area contributed by atoms with Crippen LogP contribution in [-0.2, 0) is 10.0 Å². The summed E-state index contributed by atoms with van der Waals surface area (Å²) < 4.78 is 32.2. The van der Waals surface area contributed by atoms with Crippen LogP contribution < -0.4 is 9.46 Å². The van der Waals surface area contributed by atoms with E-state index < -0.39 is 35.4 Å². The molecule has 4 N–H and O–H groups in total. The Bertz CT molecular complexity index is 563. The highest BCUT2D eigenvalue weighted by Crippen LogP contribution is 2.26. The molecule has 0 aliphatic heterocycles. The van der Waals surface area contributed by atoms with Crippen LogP contribution in [0.4, 0.5) is 0 Å². The predicted octanol–water partition coefficient (Wildman–Crippen LogP) is -0.694. The number of hydrogen-bond acceptors (Lipinski definition) is 6. The number of aryl methyl sites for hydroxylation is 2. The lowest BCUT2D eigenvalue weighted by Crippen LogP contribution is -2.57. The lowest BCUT2D eigenvalue weighted by Gasteiger charge is -2.29. The van der Waals surface area contributed by atoms with Crippen LogP contribution in [0.5, 0.6) is 5.75 Å². The minimum atomic E-state index is -4.03. The summed E-state index contributed by atoms with van der Waals surface area (Å²) in [7, 11) is -2.55. The normalized spacial score (nSPS) is 12.5. The van der Waals surface area contributed by atoms with Gasteiger partial charge >= 0.3 is 0 Å². The van der Waals surface area contributed by atoms with Gasteiger partial charge in [-0.25, -0.2) is 8.42 Å². The van der Waals surface area contributed by atoms with Crippen molar-refractivity contribution in [1.29, 1.82) is 0 Å². The minimum absolute atomic E-state index is 0.0306. The molecule has 1 aromatic carbocycles. The van der Waals surface area contributed by atoms with Crippen LogP contribution in [0.1, 0.15) is 11.1 Å². The Morgan fingerprint density at radius 1 is 1.10 bits per heavy atom. The van der Waals surface area contributed by atoms with Gasteiger partial charge in [0.15, 0.2) is 0 Å². The SMILES string of the molecule is COc1cc(C)c(S(=O)(=O)NC(CO)(CO)CO)c(C)c1. The Balaban J connectivity index is 3.32. The molecule has 1 aromatic rings. The van der Waals surface area contributed by atoms with Gasteiger partial charge in [-0.2, -0.15) is 4.72 Å². The van der Waals surface area contributed by atoms with Crippen LogP contribution in [0.15, 0.2) is 17.0 Å². The van der Waals surface area contributed by atoms with E-state index in [-0.39, 0.29) is 4.90 Å². The maximum absolute atomic E-state index is 12.5. The van der Waals surface area contributed by atoms with Crippen LogP contribution >= 0.6 is 0 Å². The molecule has 21 heavy (non-hydrogen) atoms. The Morgan fingerprint density at radius 3 is 1.86 bits per heavy atom. The first-order valence-electron chi connectivity index (χ1n) is 6.27. The summed E-state index contributed by atoms with van der Waals surface area (Å²) in [5.41, 5.74) is -0.790. The number of rotatable bonds is 7. The lowest BCUT2D eigenvalue weighted by molar-refractivity contribution is 0.0581. The van der Waals surface area contributed by atoms with Crippen LogP contribution in [0.25, 0.3) is 0 Å². The smallest absolute Gasteiger partial charge is 0.241 e. The zero-order valence-electron chi connectivity index (χ0n) is 12.3. The van der Waals surface area contributed by atoms with Crippen molar-refractivity contribution in [1.82, 2.24) is 4.72 Å². The van der Waals surface area contributed by atoms with Crippen molar-refractivity contribution in [3.63, 3.8) is 0 Å². The molecule has 0 aliphatic rings. The number of ether oxygens (including phenoxy) is 1. The highest BCUT2D eigenvalue weighted by atomic mass is 32.2. The summed E-state index contributed by atoms with van der Waals surface area (Å²) in [6.07, 6.45) is 0. The Morgan fingerprint density at radius 2 is 1.52 bits per heavy atom. The molecule has 0 heterocycles. The van der Waals surface area contributed by atoms with Gasteiger partial charge in [-0.05, 0) is 37.1 Å². The largest absolute Gasteiger partial charge is 0.497 e. The Hall–Kier alpha value is -1.19. The molecule has 0 saturated heterocycles. The first-order chi connectivity index (χ1) is 9.75. The van der Waals surface area contributed by atoms with E-state index in [0.717, 1.165) is 0 Å². The third-order valence-electron chi connectivity index (χ3n) is 3.20. The number of sulfonamides is 1. The molecule has 0 bridgehead atoms. The molecule has 0 radical (unpaired) electrons. The van der Waals surface area contributed by atoms with Crippen molar-refractivity contribution in [2.75, 3.05) is 26.9 Å². The van der Waals surface area contributed by atoms with Gasteiger partial charge in [0.2, 0.25) is 10.0 Å². The predicted molar refractivity (Wildman–Crippen MR) is 76.8 cm³/mol. The molecule has 0 unspecified atom stereocenters. The molecule has 0 saturated carbocycles. The number of aliphatic hydroxyl groups excluding tert-OH is 3. The average molecular weight is 319 g/mol. The number of hydrogen-bond donors (Lipinski definition) is 4. The van der Waals surface area contributed by atoms with Crippen LogP contribution in [0.2, 0.25) is 0 Å². The molecule has 1 rings (SSSR count). The molecule has 0 spiro atoms. The van der Waals surface area contributed by atoms with Gasteiger partial charge in [-0.3, -0.25) is 0 Å². The fraction of sp³-hybridized carbons (Fsp3) is 0.538. The Labute approximate surface area is 124 Å². The van der Waals surface area contributed by atoms with Gasteiger partial charge in [-0.15, -0.1) is 0 Å². The van der Waals surface area contributed by atoms with Gasteiger partial charge in [-0.1, -0.05) is 0 Å². The zero-order chi connectivity index (χ0) is 16.3. The quantitative estimate of drug-likeness (QED) is 0.528. The van der Waals surface area contributed by atoms with Crippen LogP contribution in [0, 0.1) is 13.8 Å². The minimum Gasteiger partial charge on any atom is -0.497 e. The zero-order valence-corrected chi connectivity index (χ0v) is 13.1. The van der Waals surface area contributed by atoms with Gasteiger partial charge in [0.05, 0.1) is 31.8 Å². The Kier molecular flexibility index (Phi) is 5.71. The van der Waals surface area contributed by atoms with Gasteiger partial charge < -0.3 is 20.1 Å². The van der Waals surface area contributed by atoms with Crippen molar-refractivity contribution in [3.8, 4) is 5.75 Å². The van der Waals surface area contributed by atoms with Crippen molar-refractivity contribution >= 4 is 10.0 Å². The standard InChI is InChI=1S/C13H21NO6S/c1-9-4-11(20-3)5-10(2)12(9)21(18,19)14-13(6-15,7-16)8-17/h4-5,14-17H,6-8H2,1-3H3. The van der Waals surface area contributed by atoms with E-state index in [2.05, 4.69) is 4.72 Å². The van der Waals surface area contributed by atoms with E-state index in [4.69, 9.17) is 4.74 Å². The van der Waals surface area contributed by atoms with E-state index in [0.29, 0.717) is 16.9 Å².